The summed E-state index contributed by atoms with van der Waals surface area (Å²) in [6, 6.07) is 9.23. The third-order valence-corrected chi connectivity index (χ3v) is 24.9. The first kappa shape index (κ1) is 83.9. The van der Waals surface area contributed by atoms with E-state index in [4.69, 9.17) is 41.4 Å². The summed E-state index contributed by atoms with van der Waals surface area (Å²) < 4.78 is 70.2. The van der Waals surface area contributed by atoms with E-state index in [0.717, 1.165) is 31.4 Å². The number of aliphatic carboxylic acids is 2. The lowest BCUT2D eigenvalue weighted by atomic mass is 9.81. The summed E-state index contributed by atoms with van der Waals surface area (Å²) >= 11 is 0. The van der Waals surface area contributed by atoms with Crippen LogP contribution in [0.25, 0.3) is 21.9 Å². The molecule has 618 valence electrons. The van der Waals surface area contributed by atoms with Crippen molar-refractivity contribution in [3.63, 3.8) is 0 Å². The summed E-state index contributed by atoms with van der Waals surface area (Å²) in [6.45, 7) is 13.6. The highest BCUT2D eigenvalue weighted by Gasteiger charge is 2.43. The van der Waals surface area contributed by atoms with Crippen LogP contribution in [0.15, 0.2) is 65.2 Å². The number of carboxylic acid groups (broad SMARTS) is 2. The Bertz CT molecular complexity index is 4420. The number of fused-ring (bicyclic) bond motifs is 3. The van der Waals surface area contributed by atoms with E-state index in [1.807, 2.05) is 59.8 Å². The molecule has 7 aliphatic rings. The van der Waals surface area contributed by atoms with E-state index in [1.165, 1.54) is 18.2 Å². The smallest absolute Gasteiger partial charge is 0.306 e. The highest BCUT2D eigenvalue weighted by Crippen LogP contribution is 2.53. The number of nitrogens with zero attached hydrogens (tertiary/aromatic N) is 14. The number of hydrogen-bond donors (Lipinski definition) is 10. The van der Waals surface area contributed by atoms with Crippen LogP contribution in [0.1, 0.15) is 182 Å². The molecule has 7 aliphatic heterocycles. The molecule has 36 heteroatoms. The first-order chi connectivity index (χ1) is 54.5. The lowest BCUT2D eigenvalue weighted by molar-refractivity contribution is -0.143. The van der Waals surface area contributed by atoms with Gasteiger partial charge in [0.1, 0.15) is 11.4 Å². The zero-order valence-electron chi connectivity index (χ0n) is 65.4. The number of piperidine rings is 6. The number of unbranched alkanes of at least 4 members (excludes halogenated alkanes) is 4. The maximum atomic E-state index is 14.5. The fourth-order valence-electron chi connectivity index (χ4n) is 16.4. The first-order valence-electron chi connectivity index (χ1n) is 40.4. The molecule has 0 spiro atoms. The summed E-state index contributed by atoms with van der Waals surface area (Å²) in [4.78, 5) is 127. The second-order valence-corrected chi connectivity index (χ2v) is 34.7. The van der Waals surface area contributed by atoms with Crippen molar-refractivity contribution in [3.8, 4) is 11.1 Å². The van der Waals surface area contributed by atoms with Crippen LogP contribution in [-0.2, 0) is 44.8 Å². The number of hydrogen-bond acceptors (Lipinski definition) is 26. The van der Waals surface area contributed by atoms with E-state index < -0.39 is 71.9 Å². The molecule has 114 heavy (non-hydrogen) atoms. The van der Waals surface area contributed by atoms with Gasteiger partial charge in [-0.15, -0.1) is 0 Å². The third kappa shape index (κ3) is 21.3. The molecule has 6 saturated heterocycles. The minimum absolute atomic E-state index is 0.00698. The van der Waals surface area contributed by atoms with E-state index in [1.54, 1.807) is 12.1 Å². The number of benzene rings is 2. The normalized spacial score (nSPS) is 19.1. The molecule has 0 saturated carbocycles. The Hall–Kier alpha value is -9.49. The number of amides is 4. The van der Waals surface area contributed by atoms with Crippen molar-refractivity contribution >= 4 is 108 Å². The predicted molar refractivity (Wildman–Crippen MR) is 433 cm³/mol. The number of aromatic nitrogens is 7. The second kappa shape index (κ2) is 37.4. The molecule has 3 aromatic heterocycles. The fraction of sp³-hybridized carbons (Fsp3) is 0.603. The molecule has 6 fully saturated rings. The SMILES string of the molecule is C/C=C/C=C1/N(CCCS(=O)(=O)O)c2c(cc(-c3cc(C(=O)NCCCCCC(=O)NC4CCN(c5nc(N6CCC(N)CC6)nc(N6CCC(C(=O)O)CC6)n5)CC4)nc(C(=O)NCCCCCC(=O)NC4CCN(c5nc(N6CCC(N)CC6)nc(N6CCC(C(=O)O)CC6)n5)CC4)c3)c3ccc(S(=O)(=O)O)cc23)C1(C)C. The molecule has 0 aliphatic carbocycles. The average Bonchev–Trinajstić information content (AvgIpc) is 1.55. The van der Waals surface area contributed by atoms with Gasteiger partial charge in [0.25, 0.3) is 32.1 Å². The third-order valence-electron chi connectivity index (χ3n) is 23.2. The Labute approximate surface area is 665 Å². The van der Waals surface area contributed by atoms with Gasteiger partial charge in [-0.3, -0.25) is 37.9 Å². The second-order valence-electron chi connectivity index (χ2n) is 31.7. The van der Waals surface area contributed by atoms with E-state index >= 15 is 0 Å². The predicted octanol–water partition coefficient (Wildman–Crippen LogP) is 5.96. The number of rotatable bonds is 31. The standard InChI is InChI=1S/C78H110N20O14S2/c1-4-5-13-64-78(2,3)61-49-59(58-17-16-57(114(110,111)112)48-60(58)67(61)98(64)32-12-45-113(107,108)109)52-46-62(68(101)81-30-10-6-8-14-65(99)83-55-26-41-96(42-27-55)76-88-72(92-33-18-50(19-34-92)70(103)104)86-74(90-76)94-37-22-53(79)23-38-94)85-63(47-52)69(102)82-31-11-7-9-15-66(100)84-56-28-43-97(44-29-56)77-89-73(93-35-20-51(21-36-93)71(105)106)87-75(91-77)95-39-24-54(80)25-40-95/h4-5,13,16-17,46-51,53-56H,6-12,14-15,18-45,79-80H2,1-3H3,(H,81,101)(H,82,102)(H,83,99)(H,84,100)(H,103,104)(H,105,106)(H,107,108,109)(H,110,111,112)/b5-4+,64-13+. The highest BCUT2D eigenvalue weighted by molar-refractivity contribution is 7.86. The Balaban J connectivity index is 0.677. The highest BCUT2D eigenvalue weighted by atomic mass is 32.2. The summed E-state index contributed by atoms with van der Waals surface area (Å²) in [5.41, 5.74) is 14.2. The molecule has 0 atom stereocenters. The van der Waals surface area contributed by atoms with Crippen molar-refractivity contribution in [2.75, 3.05) is 138 Å². The average molecular weight is 1620 g/mol. The quantitative estimate of drug-likeness (QED) is 0.0181. The summed E-state index contributed by atoms with van der Waals surface area (Å²) in [6.07, 6.45) is 17.3. The number of pyridine rings is 1. The van der Waals surface area contributed by atoms with Gasteiger partial charge in [-0.25, -0.2) is 4.98 Å². The Morgan fingerprint density at radius 3 is 1.28 bits per heavy atom. The lowest BCUT2D eigenvalue weighted by Crippen LogP contribution is -2.46. The summed E-state index contributed by atoms with van der Waals surface area (Å²) in [5.74, 6) is -0.979. The number of nitrogens with two attached hydrogens (primary N) is 2. The van der Waals surface area contributed by atoms with Gasteiger partial charge in [0, 0.05) is 152 Å². The fourth-order valence-corrected chi connectivity index (χ4v) is 17.4. The van der Waals surface area contributed by atoms with Gasteiger partial charge in [0.15, 0.2) is 0 Å². The molecule has 0 unspecified atom stereocenters. The molecule has 0 radical (unpaired) electrons. The first-order valence-corrected chi connectivity index (χ1v) is 43.4. The molecule has 5 aromatic rings. The number of anilines is 7. The molecule has 12 rings (SSSR count). The topological polar surface area (TPSA) is 465 Å². The van der Waals surface area contributed by atoms with Gasteiger partial charge in [0.05, 0.1) is 28.2 Å². The van der Waals surface area contributed by atoms with Crippen LogP contribution in [0.4, 0.5) is 41.4 Å². The minimum atomic E-state index is -4.78. The lowest BCUT2D eigenvalue weighted by Gasteiger charge is -2.35. The van der Waals surface area contributed by atoms with E-state index in [2.05, 4.69) is 45.9 Å². The van der Waals surface area contributed by atoms with Gasteiger partial charge in [-0.05, 0) is 175 Å². The van der Waals surface area contributed by atoms with Crippen LogP contribution in [0.5, 0.6) is 0 Å². The number of carbonyl (C=O) groups excluding carboxylic acids is 4. The molecular formula is C78H110N20O14S2. The van der Waals surface area contributed by atoms with Crippen molar-refractivity contribution < 1.29 is 64.9 Å². The Kier molecular flexibility index (Phi) is 27.5. The Morgan fingerprint density at radius 2 is 0.904 bits per heavy atom. The van der Waals surface area contributed by atoms with Crippen LogP contribution in [0.3, 0.4) is 0 Å². The maximum absolute atomic E-state index is 14.5. The zero-order valence-corrected chi connectivity index (χ0v) is 67.1. The zero-order chi connectivity index (χ0) is 81.0. The number of carbonyl (C=O) groups is 6. The van der Waals surface area contributed by atoms with Gasteiger partial charge < -0.3 is 77.2 Å². The van der Waals surface area contributed by atoms with Crippen LogP contribution in [0, 0.1) is 11.8 Å². The molecule has 12 N–H and O–H groups in total. The molecular weight excluding hydrogens is 1510 g/mol. The summed E-state index contributed by atoms with van der Waals surface area (Å²) in [7, 11) is -9.15. The van der Waals surface area contributed by atoms with Crippen molar-refractivity contribution in [1.82, 2.24) is 56.2 Å². The van der Waals surface area contributed by atoms with Gasteiger partial charge in [-0.2, -0.15) is 46.7 Å². The summed E-state index contributed by atoms with van der Waals surface area (Å²) in [5, 5.41) is 32.4. The van der Waals surface area contributed by atoms with E-state index in [9.17, 15) is 64.9 Å². The number of allylic oxidation sites excluding steroid dienone is 4. The van der Waals surface area contributed by atoms with Crippen molar-refractivity contribution in [1.29, 1.82) is 0 Å². The van der Waals surface area contributed by atoms with Crippen LogP contribution in [0.2, 0.25) is 0 Å². The van der Waals surface area contributed by atoms with E-state index in [0.29, 0.717) is 237 Å². The van der Waals surface area contributed by atoms with Crippen LogP contribution in [-0.4, -0.2) is 235 Å². The molecule has 2 aromatic carbocycles. The molecule has 0 bridgehead atoms. The Morgan fingerprint density at radius 1 is 0.509 bits per heavy atom. The largest absolute Gasteiger partial charge is 0.481 e. The number of nitrogens with one attached hydrogen (secondary N) is 4. The van der Waals surface area contributed by atoms with Crippen molar-refractivity contribution in [3.05, 3.63) is 77.3 Å². The van der Waals surface area contributed by atoms with Crippen molar-refractivity contribution in [2.24, 2.45) is 23.3 Å². The van der Waals surface area contributed by atoms with Crippen LogP contribution < -0.4 is 67.0 Å². The minimum Gasteiger partial charge on any atom is -0.481 e. The van der Waals surface area contributed by atoms with Crippen LogP contribution >= 0.6 is 0 Å². The van der Waals surface area contributed by atoms with Gasteiger partial charge >= 0.3 is 11.9 Å². The monoisotopic (exact) mass is 1610 g/mol. The van der Waals surface area contributed by atoms with E-state index in [-0.39, 0.29) is 86.3 Å². The van der Waals surface area contributed by atoms with Gasteiger partial charge in [-0.1, -0.05) is 44.9 Å². The maximum Gasteiger partial charge on any atom is 0.306 e. The number of carboxylic acids is 2. The van der Waals surface area contributed by atoms with Crippen molar-refractivity contribution in [2.45, 2.75) is 190 Å². The molecule has 4 amide bonds. The molecule has 34 nitrogen and oxygen atoms in total. The van der Waals surface area contributed by atoms with Gasteiger partial charge in [0.2, 0.25) is 47.5 Å². The molecule has 10 heterocycles.